The molecule has 0 aliphatic heterocycles. The van der Waals surface area contributed by atoms with Crippen LogP contribution in [0.25, 0.3) is 0 Å². The number of hydrogen-bond donors (Lipinski definition) is 3. The van der Waals surface area contributed by atoms with Gasteiger partial charge in [0, 0.05) is 20.1 Å². The molecule has 1 rings (SSSR count). The largest absolute Gasteiger partial charge is 0.444 e. The number of halogens is 1. The maximum atomic E-state index is 12.0. The second-order valence-corrected chi connectivity index (χ2v) is 7.78. The summed E-state index contributed by atoms with van der Waals surface area (Å²) >= 11 is 0. The standard InChI is InChI=1S/C17H33N7O2.HI/c1-9-18-14(19-10-13-23-22-12(2)24(13)8)20-11-17(6,7)21-15(25)26-16(3,4)5;/h9-11H2,1-8H3,(H,21,25)(H2,18,19,20);1H. The molecule has 3 N–H and O–H groups in total. The molecule has 1 aromatic rings. The van der Waals surface area contributed by atoms with Crippen molar-refractivity contribution in [3.8, 4) is 0 Å². The normalized spacial score (nSPS) is 12.2. The smallest absolute Gasteiger partial charge is 0.408 e. The number of nitrogens with one attached hydrogen (secondary N) is 3. The van der Waals surface area contributed by atoms with Crippen LogP contribution < -0.4 is 16.0 Å². The lowest BCUT2D eigenvalue weighted by Gasteiger charge is -2.29. The highest BCUT2D eigenvalue weighted by Crippen LogP contribution is 2.09. The molecule has 0 bridgehead atoms. The minimum atomic E-state index is -0.530. The zero-order valence-electron chi connectivity index (χ0n) is 17.6. The Labute approximate surface area is 179 Å². The molecule has 9 nitrogen and oxygen atoms in total. The SMILES string of the molecule is CCNC(=NCc1nnc(C)n1C)NCC(C)(C)NC(=O)OC(C)(C)C.I. The van der Waals surface area contributed by atoms with Crippen molar-refractivity contribution in [1.82, 2.24) is 30.7 Å². The van der Waals surface area contributed by atoms with Gasteiger partial charge in [-0.3, -0.25) is 0 Å². The van der Waals surface area contributed by atoms with Crippen LogP contribution in [0.1, 0.15) is 53.2 Å². The van der Waals surface area contributed by atoms with E-state index < -0.39 is 17.2 Å². The number of ether oxygens (including phenoxy) is 1. The Hall–Kier alpha value is -1.59. The molecule has 0 aliphatic carbocycles. The van der Waals surface area contributed by atoms with Crippen LogP contribution in [0.15, 0.2) is 4.99 Å². The zero-order chi connectivity index (χ0) is 20.0. The molecular formula is C17H34IN7O2. The number of aromatic nitrogens is 3. The average Bonchev–Trinajstić information content (AvgIpc) is 2.79. The number of hydrogen-bond acceptors (Lipinski definition) is 5. The van der Waals surface area contributed by atoms with Gasteiger partial charge in [-0.05, 0) is 48.5 Å². The second-order valence-electron chi connectivity index (χ2n) is 7.78. The fraction of sp³-hybridized carbons (Fsp3) is 0.765. The topological polar surface area (TPSA) is 105 Å². The highest BCUT2D eigenvalue weighted by Gasteiger charge is 2.24. The molecule has 0 fully saturated rings. The van der Waals surface area contributed by atoms with E-state index in [4.69, 9.17) is 4.74 Å². The number of aliphatic imine (C=N–C) groups is 1. The van der Waals surface area contributed by atoms with Crippen molar-refractivity contribution in [2.24, 2.45) is 12.0 Å². The Morgan fingerprint density at radius 2 is 1.81 bits per heavy atom. The first-order valence-corrected chi connectivity index (χ1v) is 8.82. The molecule has 0 unspecified atom stereocenters. The molecule has 0 saturated carbocycles. The first-order chi connectivity index (χ1) is 11.9. The van der Waals surface area contributed by atoms with Crippen LogP contribution in [-0.2, 0) is 18.3 Å². The zero-order valence-corrected chi connectivity index (χ0v) is 20.0. The van der Waals surface area contributed by atoms with E-state index in [1.807, 2.05) is 60.1 Å². The van der Waals surface area contributed by atoms with E-state index in [-0.39, 0.29) is 24.0 Å². The lowest BCUT2D eigenvalue weighted by atomic mass is 10.1. The molecular weight excluding hydrogens is 461 g/mol. The molecule has 1 heterocycles. The average molecular weight is 495 g/mol. The Morgan fingerprint density at radius 3 is 2.30 bits per heavy atom. The lowest BCUT2D eigenvalue weighted by molar-refractivity contribution is 0.0474. The number of aryl methyl sites for hydroxylation is 1. The third-order valence-corrected chi connectivity index (χ3v) is 3.44. The maximum absolute atomic E-state index is 12.0. The minimum absolute atomic E-state index is 0. The maximum Gasteiger partial charge on any atom is 0.408 e. The van der Waals surface area contributed by atoms with Gasteiger partial charge in [0.25, 0.3) is 0 Å². The van der Waals surface area contributed by atoms with E-state index >= 15 is 0 Å². The third-order valence-electron chi connectivity index (χ3n) is 3.44. The molecule has 10 heteroatoms. The Balaban J connectivity index is 0.00000676. The van der Waals surface area contributed by atoms with Crippen LogP contribution in [0.4, 0.5) is 4.79 Å². The van der Waals surface area contributed by atoms with Crippen LogP contribution in [0.2, 0.25) is 0 Å². The Bertz CT molecular complexity index is 636. The van der Waals surface area contributed by atoms with Gasteiger partial charge in [-0.2, -0.15) is 0 Å². The Morgan fingerprint density at radius 1 is 1.19 bits per heavy atom. The highest BCUT2D eigenvalue weighted by molar-refractivity contribution is 14.0. The van der Waals surface area contributed by atoms with Crippen LogP contribution >= 0.6 is 24.0 Å². The van der Waals surface area contributed by atoms with Crippen molar-refractivity contribution in [3.63, 3.8) is 0 Å². The second kappa shape index (κ2) is 10.7. The first kappa shape index (κ1) is 25.4. The van der Waals surface area contributed by atoms with E-state index in [0.29, 0.717) is 19.0 Å². The number of carbonyl (C=O) groups is 1. The summed E-state index contributed by atoms with van der Waals surface area (Å²) in [6.45, 7) is 14.8. The van der Waals surface area contributed by atoms with E-state index in [1.165, 1.54) is 0 Å². The van der Waals surface area contributed by atoms with Gasteiger partial charge in [-0.1, -0.05) is 0 Å². The summed E-state index contributed by atoms with van der Waals surface area (Å²) in [5, 5.41) is 17.4. The van der Waals surface area contributed by atoms with Gasteiger partial charge in [-0.25, -0.2) is 9.79 Å². The van der Waals surface area contributed by atoms with E-state index in [1.54, 1.807) is 0 Å². The lowest BCUT2D eigenvalue weighted by Crippen LogP contribution is -2.54. The number of amides is 1. The molecule has 0 atom stereocenters. The fourth-order valence-electron chi connectivity index (χ4n) is 2.01. The Kier molecular flexibility index (Phi) is 10.0. The summed E-state index contributed by atoms with van der Waals surface area (Å²) in [7, 11) is 1.91. The van der Waals surface area contributed by atoms with Gasteiger partial charge >= 0.3 is 6.09 Å². The van der Waals surface area contributed by atoms with Crippen molar-refractivity contribution >= 4 is 36.0 Å². The molecule has 0 aliphatic rings. The molecule has 1 amide bonds. The van der Waals surface area contributed by atoms with Crippen LogP contribution in [0.3, 0.4) is 0 Å². The summed E-state index contributed by atoms with van der Waals surface area (Å²) in [6, 6.07) is 0. The van der Waals surface area contributed by atoms with E-state index in [0.717, 1.165) is 18.2 Å². The summed E-state index contributed by atoms with van der Waals surface area (Å²) in [5.41, 5.74) is -1.04. The number of guanidine groups is 1. The van der Waals surface area contributed by atoms with Crippen LogP contribution in [-0.4, -0.2) is 51.0 Å². The number of alkyl carbamates (subject to hydrolysis) is 1. The van der Waals surface area contributed by atoms with E-state index in [2.05, 4.69) is 31.1 Å². The van der Waals surface area contributed by atoms with Crippen LogP contribution in [0.5, 0.6) is 0 Å². The number of carbonyl (C=O) groups excluding carboxylic acids is 1. The predicted molar refractivity (Wildman–Crippen MR) is 117 cm³/mol. The molecule has 27 heavy (non-hydrogen) atoms. The third kappa shape index (κ3) is 9.78. The molecule has 1 aromatic heterocycles. The number of rotatable bonds is 6. The van der Waals surface area contributed by atoms with Gasteiger partial charge in [0.05, 0.1) is 5.54 Å². The van der Waals surface area contributed by atoms with Gasteiger partial charge in [0.2, 0.25) is 0 Å². The van der Waals surface area contributed by atoms with Gasteiger partial charge in [0.15, 0.2) is 11.8 Å². The summed E-state index contributed by atoms with van der Waals surface area (Å²) < 4.78 is 7.21. The van der Waals surface area contributed by atoms with Crippen molar-refractivity contribution in [2.75, 3.05) is 13.1 Å². The quantitative estimate of drug-likeness (QED) is 0.317. The molecule has 156 valence electrons. The summed E-state index contributed by atoms with van der Waals surface area (Å²) in [4.78, 5) is 16.5. The number of nitrogens with zero attached hydrogens (tertiary/aromatic N) is 4. The summed E-state index contributed by atoms with van der Waals surface area (Å²) in [5.74, 6) is 2.27. The highest BCUT2D eigenvalue weighted by atomic mass is 127. The minimum Gasteiger partial charge on any atom is -0.444 e. The van der Waals surface area contributed by atoms with Gasteiger partial charge in [-0.15, -0.1) is 34.2 Å². The van der Waals surface area contributed by atoms with Crippen molar-refractivity contribution in [1.29, 1.82) is 0 Å². The van der Waals surface area contributed by atoms with Gasteiger partial charge in [0.1, 0.15) is 18.0 Å². The fourth-order valence-corrected chi connectivity index (χ4v) is 2.01. The molecule has 0 aromatic carbocycles. The molecule has 0 saturated heterocycles. The molecule has 0 spiro atoms. The predicted octanol–water partition coefficient (Wildman–Crippen LogP) is 2.10. The van der Waals surface area contributed by atoms with Crippen LogP contribution in [0, 0.1) is 6.92 Å². The summed E-state index contributed by atoms with van der Waals surface area (Å²) in [6.07, 6.45) is -0.444. The van der Waals surface area contributed by atoms with Crippen molar-refractivity contribution < 1.29 is 9.53 Å². The van der Waals surface area contributed by atoms with Gasteiger partial charge < -0.3 is 25.3 Å². The van der Waals surface area contributed by atoms with Crippen molar-refractivity contribution in [2.45, 2.75) is 66.2 Å². The monoisotopic (exact) mass is 495 g/mol. The van der Waals surface area contributed by atoms with Crippen molar-refractivity contribution in [3.05, 3.63) is 11.6 Å². The van der Waals surface area contributed by atoms with E-state index in [9.17, 15) is 4.79 Å². The molecule has 0 radical (unpaired) electrons. The first-order valence-electron chi connectivity index (χ1n) is 8.82.